The van der Waals surface area contributed by atoms with Crippen LogP contribution in [0.4, 0.5) is 17.1 Å². The number of benzene rings is 4. The Morgan fingerprint density at radius 2 is 1.09 bits per heavy atom. The molecule has 34 heavy (non-hydrogen) atoms. The van der Waals surface area contributed by atoms with Gasteiger partial charge in [-0.05, 0) is 71.5 Å². The summed E-state index contributed by atoms with van der Waals surface area (Å²) in [4.78, 5) is 7.30. The van der Waals surface area contributed by atoms with E-state index in [1.165, 1.54) is 0 Å². The fourth-order valence-electron chi connectivity index (χ4n) is 4.12. The number of imidazole rings is 1. The number of anilines is 3. The molecule has 2 heterocycles. The van der Waals surface area contributed by atoms with Crippen molar-refractivity contribution in [1.29, 1.82) is 0 Å². The molecule has 0 radical (unpaired) electrons. The second-order valence-electron chi connectivity index (χ2n) is 7.78. The number of thioether (sulfide) groups is 2. The molecule has 0 saturated heterocycles. The van der Waals surface area contributed by atoms with Crippen LogP contribution in [0, 0.1) is 0 Å². The lowest BCUT2D eigenvalue weighted by Crippen LogP contribution is -2.09. The highest BCUT2D eigenvalue weighted by Gasteiger charge is 2.22. The van der Waals surface area contributed by atoms with Gasteiger partial charge in [0.15, 0.2) is 0 Å². The monoisotopic (exact) mass is 475 g/mol. The van der Waals surface area contributed by atoms with Gasteiger partial charge in [-0.25, -0.2) is 4.98 Å². The predicted molar refractivity (Wildman–Crippen MR) is 145 cm³/mol. The van der Waals surface area contributed by atoms with Crippen LogP contribution in [0.2, 0.25) is 0 Å². The number of para-hydroxylation sites is 3. The highest BCUT2D eigenvalue weighted by Crippen LogP contribution is 2.42. The first-order valence-electron chi connectivity index (χ1n) is 11.1. The Morgan fingerprint density at radius 3 is 1.71 bits per heavy atom. The summed E-state index contributed by atoms with van der Waals surface area (Å²) in [6, 6.07) is 40.1. The molecule has 0 atom stereocenters. The van der Waals surface area contributed by atoms with E-state index in [1.54, 1.807) is 23.5 Å². The second kappa shape index (κ2) is 9.29. The standard InChI is InChI=1S/C29H21N3S2/c1-4-10-23(11-5-1)31(24-12-6-2-7-13-24)26-18-16-22(17-19-26)27-30-28-29(34-21-20-33-28)32(27)25-14-8-3-9-15-25/h1-21H. The number of hydrogen-bond donors (Lipinski definition) is 0. The molecule has 0 saturated carbocycles. The van der Waals surface area contributed by atoms with Crippen LogP contribution in [-0.4, -0.2) is 9.55 Å². The molecule has 6 rings (SSSR count). The van der Waals surface area contributed by atoms with Gasteiger partial charge in [-0.2, -0.15) is 0 Å². The Bertz CT molecular complexity index is 1390. The van der Waals surface area contributed by atoms with E-state index < -0.39 is 0 Å². The molecule has 0 aliphatic carbocycles. The van der Waals surface area contributed by atoms with E-state index >= 15 is 0 Å². The number of aromatic nitrogens is 2. The van der Waals surface area contributed by atoms with Gasteiger partial charge in [-0.1, -0.05) is 78.1 Å². The summed E-state index contributed by atoms with van der Waals surface area (Å²) < 4.78 is 2.26. The molecular formula is C29H21N3S2. The summed E-state index contributed by atoms with van der Waals surface area (Å²) in [6.07, 6.45) is 0. The van der Waals surface area contributed by atoms with E-state index in [0.717, 1.165) is 44.2 Å². The number of rotatable bonds is 5. The average Bonchev–Trinajstić information content (AvgIpc) is 3.31. The van der Waals surface area contributed by atoms with Gasteiger partial charge in [0.05, 0.1) is 0 Å². The van der Waals surface area contributed by atoms with Gasteiger partial charge in [0.1, 0.15) is 15.9 Å². The smallest absolute Gasteiger partial charge is 0.146 e. The highest BCUT2D eigenvalue weighted by molar-refractivity contribution is 8.08. The third-order valence-electron chi connectivity index (χ3n) is 5.65. The summed E-state index contributed by atoms with van der Waals surface area (Å²) >= 11 is 3.39. The topological polar surface area (TPSA) is 21.1 Å². The number of nitrogens with zero attached hydrogens (tertiary/aromatic N) is 3. The minimum atomic E-state index is 0.956. The van der Waals surface area contributed by atoms with Crippen molar-refractivity contribution >= 4 is 40.6 Å². The lowest BCUT2D eigenvalue weighted by atomic mass is 10.1. The SMILES string of the molecule is C1=CSc2c(nc(-c3ccc(N(c4ccccc4)c4ccccc4)cc3)n2-c2ccccc2)S1. The fraction of sp³-hybridized carbons (Fsp3) is 0. The first-order valence-corrected chi connectivity index (χ1v) is 12.8. The van der Waals surface area contributed by atoms with Crippen molar-refractivity contribution in [3.8, 4) is 17.1 Å². The maximum atomic E-state index is 5.03. The van der Waals surface area contributed by atoms with Crippen molar-refractivity contribution in [3.05, 3.63) is 126 Å². The molecule has 1 aliphatic heterocycles. The van der Waals surface area contributed by atoms with Crippen LogP contribution in [-0.2, 0) is 0 Å². The molecule has 5 aromatic rings. The molecule has 164 valence electrons. The maximum absolute atomic E-state index is 5.03. The molecule has 3 nitrogen and oxygen atoms in total. The summed E-state index contributed by atoms with van der Waals surface area (Å²) in [6.45, 7) is 0. The Balaban J connectivity index is 1.44. The minimum absolute atomic E-state index is 0.956. The normalized spacial score (nSPS) is 12.4. The number of fused-ring (bicyclic) bond motifs is 1. The van der Waals surface area contributed by atoms with Crippen molar-refractivity contribution in [3.63, 3.8) is 0 Å². The summed E-state index contributed by atoms with van der Waals surface area (Å²) in [7, 11) is 0. The maximum Gasteiger partial charge on any atom is 0.146 e. The molecule has 0 amide bonds. The molecule has 0 unspecified atom stereocenters. The van der Waals surface area contributed by atoms with Gasteiger partial charge in [0.2, 0.25) is 0 Å². The molecule has 4 aromatic carbocycles. The van der Waals surface area contributed by atoms with Crippen LogP contribution in [0.1, 0.15) is 0 Å². The summed E-state index contributed by atoms with van der Waals surface area (Å²) in [5.41, 5.74) is 5.57. The van der Waals surface area contributed by atoms with Crippen LogP contribution < -0.4 is 4.90 Å². The zero-order valence-electron chi connectivity index (χ0n) is 18.3. The van der Waals surface area contributed by atoms with Gasteiger partial charge in [-0.15, -0.1) is 0 Å². The lowest BCUT2D eigenvalue weighted by Gasteiger charge is -2.25. The summed E-state index contributed by atoms with van der Waals surface area (Å²) in [5, 5.41) is 6.43. The molecule has 1 aliphatic rings. The third kappa shape index (κ3) is 3.94. The van der Waals surface area contributed by atoms with Crippen molar-refractivity contribution in [2.75, 3.05) is 4.90 Å². The molecule has 0 N–H and O–H groups in total. The van der Waals surface area contributed by atoms with Crippen molar-refractivity contribution < 1.29 is 0 Å². The molecule has 0 fully saturated rings. The molecule has 5 heteroatoms. The predicted octanol–water partition coefficient (Wildman–Crippen LogP) is 8.68. The second-order valence-corrected chi connectivity index (χ2v) is 9.57. The van der Waals surface area contributed by atoms with Gasteiger partial charge >= 0.3 is 0 Å². The zero-order chi connectivity index (χ0) is 22.7. The minimum Gasteiger partial charge on any atom is -0.311 e. The zero-order valence-corrected chi connectivity index (χ0v) is 19.9. The van der Waals surface area contributed by atoms with Crippen LogP contribution >= 0.6 is 23.5 Å². The van der Waals surface area contributed by atoms with Gasteiger partial charge < -0.3 is 4.90 Å². The quantitative estimate of drug-likeness (QED) is 0.253. The Labute approximate surface area is 207 Å². The largest absolute Gasteiger partial charge is 0.311 e. The van der Waals surface area contributed by atoms with Crippen LogP contribution in [0.3, 0.4) is 0 Å². The van der Waals surface area contributed by atoms with Crippen molar-refractivity contribution in [1.82, 2.24) is 9.55 Å². The van der Waals surface area contributed by atoms with E-state index in [2.05, 4.69) is 117 Å². The highest BCUT2D eigenvalue weighted by atomic mass is 32.2. The van der Waals surface area contributed by atoms with Crippen LogP contribution in [0.15, 0.2) is 136 Å². The van der Waals surface area contributed by atoms with E-state index in [9.17, 15) is 0 Å². The van der Waals surface area contributed by atoms with Crippen molar-refractivity contribution in [2.45, 2.75) is 10.1 Å². The molecular weight excluding hydrogens is 454 g/mol. The lowest BCUT2D eigenvalue weighted by molar-refractivity contribution is 0.932. The first-order chi connectivity index (χ1) is 16.9. The third-order valence-corrected chi connectivity index (χ3v) is 7.60. The van der Waals surface area contributed by atoms with E-state index in [-0.39, 0.29) is 0 Å². The Kier molecular flexibility index (Phi) is 5.71. The van der Waals surface area contributed by atoms with Gasteiger partial charge in [0, 0.05) is 28.3 Å². The molecule has 1 aromatic heterocycles. The van der Waals surface area contributed by atoms with Crippen LogP contribution in [0.25, 0.3) is 17.1 Å². The van der Waals surface area contributed by atoms with Crippen molar-refractivity contribution in [2.24, 2.45) is 0 Å². The van der Waals surface area contributed by atoms with Gasteiger partial charge in [-0.3, -0.25) is 4.57 Å². The van der Waals surface area contributed by atoms with E-state index in [1.807, 2.05) is 18.2 Å². The summed E-state index contributed by atoms with van der Waals surface area (Å²) in [5.74, 6) is 0.956. The Hall–Kier alpha value is -3.67. The number of hydrogen-bond acceptors (Lipinski definition) is 4. The van der Waals surface area contributed by atoms with E-state index in [0.29, 0.717) is 0 Å². The fourth-order valence-corrected chi connectivity index (χ4v) is 5.89. The van der Waals surface area contributed by atoms with E-state index in [4.69, 9.17) is 4.98 Å². The Morgan fingerprint density at radius 1 is 0.559 bits per heavy atom. The molecule has 0 bridgehead atoms. The van der Waals surface area contributed by atoms with Gasteiger partial charge in [0.25, 0.3) is 0 Å². The average molecular weight is 476 g/mol. The first kappa shape index (κ1) is 20.9. The molecule has 0 spiro atoms. The van der Waals surface area contributed by atoms with Crippen LogP contribution in [0.5, 0.6) is 0 Å².